The predicted octanol–water partition coefficient (Wildman–Crippen LogP) is 3.27. The van der Waals surface area contributed by atoms with Gasteiger partial charge >= 0.3 is 0 Å². The van der Waals surface area contributed by atoms with E-state index in [-0.39, 0.29) is 23.8 Å². The van der Waals surface area contributed by atoms with Gasteiger partial charge in [0.25, 0.3) is 5.69 Å². The molecule has 2 rings (SSSR count). The van der Waals surface area contributed by atoms with Crippen LogP contribution in [0.4, 0.5) is 17.1 Å². The van der Waals surface area contributed by atoms with Gasteiger partial charge in [-0.3, -0.25) is 14.9 Å². The first-order chi connectivity index (χ1) is 11.4. The van der Waals surface area contributed by atoms with Crippen molar-refractivity contribution in [1.82, 2.24) is 0 Å². The Morgan fingerprint density at radius 1 is 1.21 bits per heavy atom. The van der Waals surface area contributed by atoms with Crippen LogP contribution >= 0.6 is 0 Å². The lowest BCUT2D eigenvalue weighted by Crippen LogP contribution is -2.22. The van der Waals surface area contributed by atoms with E-state index in [1.54, 1.807) is 6.07 Å². The van der Waals surface area contributed by atoms with E-state index in [0.29, 0.717) is 5.75 Å². The van der Waals surface area contributed by atoms with Gasteiger partial charge < -0.3 is 15.4 Å². The van der Waals surface area contributed by atoms with Gasteiger partial charge in [-0.25, -0.2) is 0 Å². The molecule has 126 valence electrons. The van der Waals surface area contributed by atoms with Crippen molar-refractivity contribution in [3.05, 3.63) is 57.6 Å². The van der Waals surface area contributed by atoms with Crippen molar-refractivity contribution in [2.24, 2.45) is 0 Å². The molecule has 0 saturated heterocycles. The van der Waals surface area contributed by atoms with Gasteiger partial charge in [-0.1, -0.05) is 12.1 Å². The molecule has 2 aromatic rings. The number of ether oxygens (including phenoxy) is 1. The van der Waals surface area contributed by atoms with Crippen molar-refractivity contribution in [1.29, 1.82) is 0 Å². The summed E-state index contributed by atoms with van der Waals surface area (Å²) in [5, 5.41) is 16.7. The third-order valence-corrected chi connectivity index (χ3v) is 3.72. The van der Waals surface area contributed by atoms with Crippen LogP contribution in [-0.2, 0) is 4.79 Å². The maximum absolute atomic E-state index is 12.1. The van der Waals surface area contributed by atoms with E-state index in [4.69, 9.17) is 4.74 Å². The zero-order chi connectivity index (χ0) is 17.7. The van der Waals surface area contributed by atoms with Gasteiger partial charge in [-0.15, -0.1) is 0 Å². The monoisotopic (exact) mass is 329 g/mol. The van der Waals surface area contributed by atoms with E-state index in [1.807, 2.05) is 32.0 Å². The molecule has 0 saturated carbocycles. The number of rotatable bonds is 6. The summed E-state index contributed by atoms with van der Waals surface area (Å²) >= 11 is 0. The lowest BCUT2D eigenvalue weighted by atomic mass is 10.1. The van der Waals surface area contributed by atoms with Crippen molar-refractivity contribution >= 4 is 23.0 Å². The fourth-order valence-corrected chi connectivity index (χ4v) is 2.21. The predicted molar refractivity (Wildman–Crippen MR) is 92.7 cm³/mol. The molecule has 2 N–H and O–H groups in total. The van der Waals surface area contributed by atoms with Gasteiger partial charge in [-0.05, 0) is 43.2 Å². The van der Waals surface area contributed by atoms with Crippen LogP contribution in [0.1, 0.15) is 11.1 Å². The van der Waals surface area contributed by atoms with Gasteiger partial charge in [0, 0.05) is 5.69 Å². The first kappa shape index (κ1) is 17.3. The molecule has 0 aliphatic heterocycles. The maximum Gasteiger partial charge on any atom is 0.296 e. The number of aryl methyl sites for hydroxylation is 1. The molecule has 7 heteroatoms. The summed E-state index contributed by atoms with van der Waals surface area (Å²) in [5.41, 5.74) is 2.95. The highest BCUT2D eigenvalue weighted by atomic mass is 16.6. The number of amides is 1. The number of carbonyl (C=O) groups excluding carboxylic acids is 1. The molecule has 0 atom stereocenters. The first-order valence-corrected chi connectivity index (χ1v) is 7.34. The Hall–Kier alpha value is -3.09. The molecule has 0 bridgehead atoms. The van der Waals surface area contributed by atoms with Gasteiger partial charge in [0.2, 0.25) is 5.91 Å². The molecule has 0 aliphatic carbocycles. The van der Waals surface area contributed by atoms with Crippen LogP contribution in [0.2, 0.25) is 0 Å². The van der Waals surface area contributed by atoms with E-state index >= 15 is 0 Å². The highest BCUT2D eigenvalue weighted by Gasteiger charge is 2.17. The normalized spacial score (nSPS) is 10.1. The Labute approximate surface area is 139 Å². The summed E-state index contributed by atoms with van der Waals surface area (Å²) in [5.74, 6) is -0.0163. The Morgan fingerprint density at radius 3 is 2.62 bits per heavy atom. The maximum atomic E-state index is 12.1. The summed E-state index contributed by atoms with van der Waals surface area (Å²) in [6.45, 7) is 3.96. The molecule has 7 nitrogen and oxygen atoms in total. The van der Waals surface area contributed by atoms with Crippen molar-refractivity contribution in [3.8, 4) is 5.75 Å². The summed E-state index contributed by atoms with van der Waals surface area (Å²) < 4.78 is 4.97. The number of hydrogen-bond acceptors (Lipinski definition) is 5. The topological polar surface area (TPSA) is 93.5 Å². The fourth-order valence-electron chi connectivity index (χ4n) is 2.21. The standard InChI is InChI=1S/C17H19N3O4/c1-11-5-4-6-14(12(11)2)18-10-17(21)19-15-8-7-13(24-3)9-16(15)20(22)23/h4-9,18H,10H2,1-3H3,(H,19,21). The second-order valence-electron chi connectivity index (χ2n) is 5.29. The number of nitro benzene ring substituents is 1. The SMILES string of the molecule is COc1ccc(NC(=O)CNc2cccc(C)c2C)c([N+](=O)[O-])c1. The van der Waals surface area contributed by atoms with E-state index in [9.17, 15) is 14.9 Å². The third-order valence-electron chi connectivity index (χ3n) is 3.72. The first-order valence-electron chi connectivity index (χ1n) is 7.34. The van der Waals surface area contributed by atoms with Crippen molar-refractivity contribution < 1.29 is 14.5 Å². The number of benzene rings is 2. The van der Waals surface area contributed by atoms with Crippen molar-refractivity contribution in [3.63, 3.8) is 0 Å². The highest BCUT2D eigenvalue weighted by Crippen LogP contribution is 2.28. The molecule has 0 heterocycles. The van der Waals surface area contributed by atoms with Crippen molar-refractivity contribution in [2.75, 3.05) is 24.3 Å². The van der Waals surface area contributed by atoms with E-state index in [0.717, 1.165) is 16.8 Å². The van der Waals surface area contributed by atoms with Crippen LogP contribution in [0.25, 0.3) is 0 Å². The number of nitro groups is 1. The zero-order valence-electron chi connectivity index (χ0n) is 13.8. The van der Waals surface area contributed by atoms with Crippen LogP contribution in [0.3, 0.4) is 0 Å². The third kappa shape index (κ3) is 4.01. The minimum atomic E-state index is -0.559. The number of nitrogens with one attached hydrogen (secondary N) is 2. The van der Waals surface area contributed by atoms with Crippen LogP contribution in [0.5, 0.6) is 5.75 Å². The molecule has 0 spiro atoms. The van der Waals surface area contributed by atoms with E-state index in [2.05, 4.69) is 10.6 Å². The molecule has 0 radical (unpaired) electrons. The Balaban J connectivity index is 2.07. The molecule has 1 amide bonds. The summed E-state index contributed by atoms with van der Waals surface area (Å²) in [6.07, 6.45) is 0. The average molecular weight is 329 g/mol. The fraction of sp³-hybridized carbons (Fsp3) is 0.235. The molecule has 24 heavy (non-hydrogen) atoms. The van der Waals surface area contributed by atoms with Crippen LogP contribution in [-0.4, -0.2) is 24.5 Å². The second kappa shape index (κ2) is 7.45. The van der Waals surface area contributed by atoms with E-state index < -0.39 is 4.92 Å². The Morgan fingerprint density at radius 2 is 1.96 bits per heavy atom. The Kier molecular flexibility index (Phi) is 5.36. The lowest BCUT2D eigenvalue weighted by Gasteiger charge is -2.12. The Bertz CT molecular complexity index is 774. The average Bonchev–Trinajstić information content (AvgIpc) is 2.56. The smallest absolute Gasteiger partial charge is 0.296 e. The summed E-state index contributed by atoms with van der Waals surface area (Å²) in [7, 11) is 1.42. The number of carbonyl (C=O) groups is 1. The molecule has 0 aliphatic rings. The second-order valence-corrected chi connectivity index (χ2v) is 5.29. The number of hydrogen-bond donors (Lipinski definition) is 2. The molecular weight excluding hydrogens is 310 g/mol. The summed E-state index contributed by atoms with van der Waals surface area (Å²) in [4.78, 5) is 22.6. The number of methoxy groups -OCH3 is 1. The number of nitrogens with zero attached hydrogens (tertiary/aromatic N) is 1. The van der Waals surface area contributed by atoms with Crippen LogP contribution < -0.4 is 15.4 Å². The quantitative estimate of drug-likeness (QED) is 0.626. The van der Waals surface area contributed by atoms with E-state index in [1.165, 1.54) is 19.2 Å². The van der Waals surface area contributed by atoms with Gasteiger partial charge in [0.1, 0.15) is 11.4 Å². The number of anilines is 2. The highest BCUT2D eigenvalue weighted by molar-refractivity contribution is 5.96. The zero-order valence-corrected chi connectivity index (χ0v) is 13.8. The minimum absolute atomic E-state index is 0.00742. The van der Waals surface area contributed by atoms with Crippen molar-refractivity contribution in [2.45, 2.75) is 13.8 Å². The van der Waals surface area contributed by atoms with Crippen LogP contribution in [0.15, 0.2) is 36.4 Å². The summed E-state index contributed by atoms with van der Waals surface area (Å²) in [6, 6.07) is 10.0. The largest absolute Gasteiger partial charge is 0.496 e. The molecule has 0 unspecified atom stereocenters. The molecule has 0 aromatic heterocycles. The van der Waals surface area contributed by atoms with Crippen LogP contribution in [0, 0.1) is 24.0 Å². The van der Waals surface area contributed by atoms with Gasteiger partial charge in [0.15, 0.2) is 0 Å². The minimum Gasteiger partial charge on any atom is -0.496 e. The lowest BCUT2D eigenvalue weighted by molar-refractivity contribution is -0.384. The molecule has 2 aromatic carbocycles. The molecular formula is C17H19N3O4. The molecule has 0 fully saturated rings. The van der Waals surface area contributed by atoms with Gasteiger partial charge in [-0.2, -0.15) is 0 Å². The van der Waals surface area contributed by atoms with Gasteiger partial charge in [0.05, 0.1) is 24.6 Å².